The Labute approximate surface area is 124 Å². The van der Waals surface area contributed by atoms with E-state index in [1.807, 2.05) is 26.0 Å². The molecule has 4 nitrogen and oxygen atoms in total. The number of esters is 1. The number of rotatable bonds is 6. The average molecular weight is 288 g/mol. The lowest BCUT2D eigenvalue weighted by Crippen LogP contribution is -2.29. The fraction of sp³-hybridized carbons (Fsp3) is 0.353. The van der Waals surface area contributed by atoms with Crippen LogP contribution in [0.25, 0.3) is 10.8 Å². The van der Waals surface area contributed by atoms with Gasteiger partial charge in [0, 0.05) is 10.8 Å². The summed E-state index contributed by atoms with van der Waals surface area (Å²) in [4.78, 5) is 11.9. The van der Waals surface area contributed by atoms with Crippen molar-refractivity contribution in [2.75, 3.05) is 6.61 Å². The number of phenols is 1. The van der Waals surface area contributed by atoms with E-state index >= 15 is 0 Å². The highest BCUT2D eigenvalue weighted by molar-refractivity contribution is 5.93. The third-order valence-corrected chi connectivity index (χ3v) is 3.21. The second-order valence-electron chi connectivity index (χ2n) is 4.81. The van der Waals surface area contributed by atoms with Crippen molar-refractivity contribution in [1.82, 2.24) is 0 Å². The van der Waals surface area contributed by atoms with Crippen LogP contribution in [0.1, 0.15) is 26.7 Å². The van der Waals surface area contributed by atoms with Gasteiger partial charge in [0.15, 0.2) is 6.10 Å². The molecule has 2 aromatic rings. The first-order valence-electron chi connectivity index (χ1n) is 7.21. The maximum absolute atomic E-state index is 11.9. The van der Waals surface area contributed by atoms with Crippen LogP contribution in [0.2, 0.25) is 0 Å². The van der Waals surface area contributed by atoms with E-state index in [-0.39, 0.29) is 11.7 Å². The minimum Gasteiger partial charge on any atom is -0.507 e. The van der Waals surface area contributed by atoms with Gasteiger partial charge in [0.1, 0.15) is 11.5 Å². The summed E-state index contributed by atoms with van der Waals surface area (Å²) < 4.78 is 10.9. The largest absolute Gasteiger partial charge is 0.507 e. The molecule has 0 aliphatic rings. The summed E-state index contributed by atoms with van der Waals surface area (Å²) in [6, 6.07) is 10.6. The van der Waals surface area contributed by atoms with Gasteiger partial charge in [-0.25, -0.2) is 4.79 Å². The Kier molecular flexibility index (Phi) is 5.04. The monoisotopic (exact) mass is 288 g/mol. The molecular weight excluding hydrogens is 268 g/mol. The van der Waals surface area contributed by atoms with Gasteiger partial charge in [-0.2, -0.15) is 0 Å². The molecule has 112 valence electrons. The Morgan fingerprint density at radius 2 is 1.86 bits per heavy atom. The SMILES string of the molecule is CCCOC(=O)C(CC)Oc1cccc2c(O)cccc12. The molecule has 0 radical (unpaired) electrons. The number of aromatic hydroxyl groups is 1. The van der Waals surface area contributed by atoms with Crippen LogP contribution in [-0.2, 0) is 9.53 Å². The highest BCUT2D eigenvalue weighted by Gasteiger charge is 2.20. The summed E-state index contributed by atoms with van der Waals surface area (Å²) in [7, 11) is 0. The molecule has 0 saturated heterocycles. The number of phenolic OH excluding ortho intramolecular Hbond substituents is 1. The normalized spacial score (nSPS) is 12.1. The van der Waals surface area contributed by atoms with Crippen LogP contribution in [0, 0.1) is 0 Å². The van der Waals surface area contributed by atoms with Crippen LogP contribution >= 0.6 is 0 Å². The molecule has 21 heavy (non-hydrogen) atoms. The predicted octanol–water partition coefficient (Wildman–Crippen LogP) is 3.66. The predicted molar refractivity (Wildman–Crippen MR) is 81.6 cm³/mol. The van der Waals surface area contributed by atoms with Crippen LogP contribution in [0.15, 0.2) is 36.4 Å². The van der Waals surface area contributed by atoms with Crippen molar-refractivity contribution >= 4 is 16.7 Å². The van der Waals surface area contributed by atoms with Gasteiger partial charge in [-0.3, -0.25) is 0 Å². The highest BCUT2D eigenvalue weighted by atomic mass is 16.6. The zero-order chi connectivity index (χ0) is 15.2. The van der Waals surface area contributed by atoms with E-state index in [0.717, 1.165) is 11.8 Å². The van der Waals surface area contributed by atoms with Crippen LogP contribution < -0.4 is 4.74 Å². The van der Waals surface area contributed by atoms with Crippen LogP contribution in [0.3, 0.4) is 0 Å². The van der Waals surface area contributed by atoms with E-state index < -0.39 is 6.10 Å². The van der Waals surface area contributed by atoms with Crippen molar-refractivity contribution in [1.29, 1.82) is 0 Å². The lowest BCUT2D eigenvalue weighted by atomic mass is 10.1. The van der Waals surface area contributed by atoms with Gasteiger partial charge < -0.3 is 14.6 Å². The molecule has 0 aliphatic heterocycles. The molecule has 4 heteroatoms. The van der Waals surface area contributed by atoms with Crippen molar-refractivity contribution in [2.45, 2.75) is 32.8 Å². The number of fused-ring (bicyclic) bond motifs is 1. The number of ether oxygens (including phenoxy) is 2. The zero-order valence-electron chi connectivity index (χ0n) is 12.3. The van der Waals surface area contributed by atoms with Gasteiger partial charge in [0.25, 0.3) is 0 Å². The minimum absolute atomic E-state index is 0.194. The average Bonchev–Trinajstić information content (AvgIpc) is 2.51. The Bertz CT molecular complexity index is 621. The molecule has 0 aromatic heterocycles. The van der Waals surface area contributed by atoms with Gasteiger partial charge in [0.2, 0.25) is 0 Å². The number of hydrogen-bond acceptors (Lipinski definition) is 4. The van der Waals surface area contributed by atoms with Gasteiger partial charge in [-0.15, -0.1) is 0 Å². The van der Waals surface area contributed by atoms with Crippen molar-refractivity contribution in [3.63, 3.8) is 0 Å². The highest BCUT2D eigenvalue weighted by Crippen LogP contribution is 2.32. The molecule has 0 spiro atoms. The number of hydrogen-bond donors (Lipinski definition) is 1. The third-order valence-electron chi connectivity index (χ3n) is 3.21. The van der Waals surface area contributed by atoms with Crippen LogP contribution in [-0.4, -0.2) is 23.8 Å². The van der Waals surface area contributed by atoms with E-state index in [2.05, 4.69) is 0 Å². The molecule has 0 fully saturated rings. The molecule has 1 unspecified atom stereocenters. The summed E-state index contributed by atoms with van der Waals surface area (Å²) in [5.41, 5.74) is 0. The van der Waals surface area contributed by atoms with E-state index in [1.54, 1.807) is 24.3 Å². The zero-order valence-corrected chi connectivity index (χ0v) is 12.3. The van der Waals surface area contributed by atoms with E-state index in [4.69, 9.17) is 9.47 Å². The number of carbonyl (C=O) groups is 1. The lowest BCUT2D eigenvalue weighted by Gasteiger charge is -2.17. The van der Waals surface area contributed by atoms with Gasteiger partial charge in [-0.1, -0.05) is 38.1 Å². The second-order valence-corrected chi connectivity index (χ2v) is 4.81. The Morgan fingerprint density at radius 1 is 1.14 bits per heavy atom. The Balaban J connectivity index is 2.25. The summed E-state index contributed by atoms with van der Waals surface area (Å²) in [6.45, 7) is 4.22. The molecular formula is C17H20O4. The van der Waals surface area contributed by atoms with Gasteiger partial charge >= 0.3 is 5.97 Å². The summed E-state index contributed by atoms with van der Waals surface area (Å²) in [5, 5.41) is 11.3. The molecule has 2 aromatic carbocycles. The van der Waals surface area contributed by atoms with Crippen molar-refractivity contribution in [3.05, 3.63) is 36.4 Å². The van der Waals surface area contributed by atoms with Crippen molar-refractivity contribution in [3.8, 4) is 11.5 Å². The number of benzene rings is 2. The molecule has 1 N–H and O–H groups in total. The maximum Gasteiger partial charge on any atom is 0.347 e. The Hall–Kier alpha value is -2.23. The van der Waals surface area contributed by atoms with E-state index in [1.165, 1.54) is 0 Å². The first-order chi connectivity index (χ1) is 10.2. The number of carbonyl (C=O) groups excluding carboxylic acids is 1. The first-order valence-corrected chi connectivity index (χ1v) is 7.21. The Morgan fingerprint density at radius 3 is 2.57 bits per heavy atom. The summed E-state index contributed by atoms with van der Waals surface area (Å²) >= 11 is 0. The molecule has 2 rings (SSSR count). The molecule has 0 saturated carbocycles. The smallest absolute Gasteiger partial charge is 0.347 e. The minimum atomic E-state index is -0.635. The standard InChI is InChI=1S/C17H20O4/c1-3-11-20-17(19)15(4-2)21-16-10-6-7-12-13(16)8-5-9-14(12)18/h5-10,15,18H,3-4,11H2,1-2H3. The van der Waals surface area contributed by atoms with Gasteiger partial charge in [-0.05, 0) is 25.0 Å². The van der Waals surface area contributed by atoms with Crippen molar-refractivity contribution < 1.29 is 19.4 Å². The quantitative estimate of drug-likeness (QED) is 0.824. The topological polar surface area (TPSA) is 55.8 Å². The molecule has 1 atom stereocenters. The summed E-state index contributed by atoms with van der Waals surface area (Å²) in [5.74, 6) is 0.416. The third kappa shape index (κ3) is 3.45. The molecule has 0 amide bonds. The van der Waals surface area contributed by atoms with Crippen LogP contribution in [0.5, 0.6) is 11.5 Å². The van der Waals surface area contributed by atoms with Crippen molar-refractivity contribution in [2.24, 2.45) is 0 Å². The maximum atomic E-state index is 11.9. The van der Waals surface area contributed by atoms with E-state index in [9.17, 15) is 9.90 Å². The molecule has 0 bridgehead atoms. The lowest BCUT2D eigenvalue weighted by molar-refractivity contribution is -0.152. The second kappa shape index (κ2) is 6.97. The van der Waals surface area contributed by atoms with Crippen LogP contribution in [0.4, 0.5) is 0 Å². The van der Waals surface area contributed by atoms with Gasteiger partial charge in [0.05, 0.1) is 6.61 Å². The molecule has 0 heterocycles. The summed E-state index contributed by atoms with van der Waals surface area (Å²) in [6.07, 6.45) is 0.673. The van der Waals surface area contributed by atoms with E-state index in [0.29, 0.717) is 24.2 Å². The molecule has 0 aliphatic carbocycles. The fourth-order valence-corrected chi connectivity index (χ4v) is 2.11. The fourth-order valence-electron chi connectivity index (χ4n) is 2.11. The first kappa shape index (κ1) is 15.2.